The summed E-state index contributed by atoms with van der Waals surface area (Å²) < 4.78 is 16.2. The largest absolute Gasteiger partial charge is 0.493 e. The number of hydrogen-bond acceptors (Lipinski definition) is 5. The average molecular weight is 494 g/mol. The number of nitrogens with zero attached hydrogens (tertiary/aromatic N) is 2. The van der Waals surface area contributed by atoms with Crippen LogP contribution in [0.5, 0.6) is 11.5 Å². The van der Waals surface area contributed by atoms with Crippen LogP contribution in [0.2, 0.25) is 0 Å². The van der Waals surface area contributed by atoms with Crippen molar-refractivity contribution in [1.29, 1.82) is 0 Å². The summed E-state index contributed by atoms with van der Waals surface area (Å²) in [6, 6.07) is 18.2. The van der Waals surface area contributed by atoms with Crippen LogP contribution in [0.25, 0.3) is 0 Å². The van der Waals surface area contributed by atoms with Crippen LogP contribution in [0.4, 0.5) is 10.5 Å². The molecule has 3 amide bonds. The van der Waals surface area contributed by atoms with Gasteiger partial charge in [0.15, 0.2) is 11.5 Å². The van der Waals surface area contributed by atoms with Gasteiger partial charge in [0.25, 0.3) is 0 Å². The summed E-state index contributed by atoms with van der Waals surface area (Å²) >= 11 is 0. The third-order valence-electron chi connectivity index (χ3n) is 6.11. The lowest BCUT2D eigenvalue weighted by atomic mass is 10.1. The van der Waals surface area contributed by atoms with Crippen LogP contribution < -0.4 is 14.8 Å². The maximum Gasteiger partial charge on any atom is 0.322 e. The molecule has 0 bridgehead atoms. The monoisotopic (exact) mass is 493 g/mol. The molecule has 0 saturated heterocycles. The van der Waals surface area contributed by atoms with Crippen molar-refractivity contribution in [2.24, 2.45) is 0 Å². The smallest absolute Gasteiger partial charge is 0.322 e. The fourth-order valence-electron chi connectivity index (χ4n) is 3.79. The number of urea groups is 1. The third kappa shape index (κ3) is 7.28. The molecule has 0 aliphatic rings. The number of para-hydroxylation sites is 1. The molecule has 0 fully saturated rings. The van der Waals surface area contributed by atoms with Crippen LogP contribution in [0.1, 0.15) is 31.6 Å². The molecular weight excluding hydrogens is 458 g/mol. The van der Waals surface area contributed by atoms with Crippen LogP contribution in [-0.4, -0.2) is 55.1 Å². The molecule has 0 spiro atoms. The summed E-state index contributed by atoms with van der Waals surface area (Å²) in [4.78, 5) is 29.9. The normalized spacial score (nSPS) is 11.4. The van der Waals surface area contributed by atoms with Gasteiger partial charge in [-0.15, -0.1) is 0 Å². The molecule has 0 saturated carbocycles. The highest BCUT2D eigenvalue weighted by Gasteiger charge is 2.25. The lowest BCUT2D eigenvalue weighted by molar-refractivity contribution is -0.133. The molecule has 8 nitrogen and oxygen atoms in total. The number of amides is 3. The quantitative estimate of drug-likeness (QED) is 0.375. The van der Waals surface area contributed by atoms with Crippen molar-refractivity contribution in [3.05, 3.63) is 78.3 Å². The zero-order valence-electron chi connectivity index (χ0n) is 21.4. The van der Waals surface area contributed by atoms with E-state index >= 15 is 0 Å². The number of rotatable bonds is 12. The second-order valence-corrected chi connectivity index (χ2v) is 8.52. The van der Waals surface area contributed by atoms with E-state index in [1.54, 1.807) is 36.3 Å². The van der Waals surface area contributed by atoms with Crippen LogP contribution in [-0.2, 0) is 17.8 Å². The van der Waals surface area contributed by atoms with Crippen molar-refractivity contribution in [1.82, 2.24) is 9.80 Å². The first kappa shape index (κ1) is 26.7. The van der Waals surface area contributed by atoms with Crippen molar-refractivity contribution in [3.8, 4) is 11.5 Å². The van der Waals surface area contributed by atoms with E-state index in [0.717, 1.165) is 12.0 Å². The first-order valence-electron chi connectivity index (χ1n) is 12.1. The molecule has 1 heterocycles. The molecule has 36 heavy (non-hydrogen) atoms. The van der Waals surface area contributed by atoms with E-state index in [4.69, 9.17) is 13.9 Å². The van der Waals surface area contributed by atoms with E-state index in [1.165, 1.54) is 0 Å². The molecule has 3 aromatic rings. The van der Waals surface area contributed by atoms with Crippen molar-refractivity contribution in [2.45, 2.75) is 39.3 Å². The molecule has 0 aliphatic heterocycles. The Morgan fingerprint density at radius 1 is 1.00 bits per heavy atom. The molecule has 8 heteroatoms. The van der Waals surface area contributed by atoms with E-state index in [0.29, 0.717) is 42.5 Å². The maximum absolute atomic E-state index is 13.5. The van der Waals surface area contributed by atoms with Crippen molar-refractivity contribution in [2.75, 3.05) is 32.6 Å². The van der Waals surface area contributed by atoms with Crippen LogP contribution in [0, 0.1) is 0 Å². The maximum atomic E-state index is 13.5. The Hall–Kier alpha value is -3.94. The molecule has 192 valence electrons. The van der Waals surface area contributed by atoms with Gasteiger partial charge in [0.05, 0.1) is 27.0 Å². The van der Waals surface area contributed by atoms with Gasteiger partial charge in [-0.1, -0.05) is 31.2 Å². The van der Waals surface area contributed by atoms with Crippen molar-refractivity contribution < 1.29 is 23.5 Å². The minimum atomic E-state index is -0.304. The van der Waals surface area contributed by atoms with Crippen molar-refractivity contribution in [3.63, 3.8) is 0 Å². The van der Waals surface area contributed by atoms with E-state index in [1.807, 2.05) is 68.4 Å². The minimum Gasteiger partial charge on any atom is -0.493 e. The first-order valence-corrected chi connectivity index (χ1v) is 12.1. The summed E-state index contributed by atoms with van der Waals surface area (Å²) in [5, 5.41) is 2.90. The van der Waals surface area contributed by atoms with Gasteiger partial charge < -0.3 is 29.0 Å². The number of hydrogen-bond donors (Lipinski definition) is 1. The summed E-state index contributed by atoms with van der Waals surface area (Å²) in [5.41, 5.74) is 1.69. The Morgan fingerprint density at radius 2 is 1.75 bits per heavy atom. The molecule has 0 radical (unpaired) electrons. The number of methoxy groups -OCH3 is 2. The molecule has 2 aromatic carbocycles. The predicted octanol–water partition coefficient (Wildman–Crippen LogP) is 5.20. The number of carbonyl (C=O) groups excluding carboxylic acids is 2. The van der Waals surface area contributed by atoms with Crippen molar-refractivity contribution >= 4 is 17.6 Å². The molecule has 3 rings (SSSR count). The van der Waals surface area contributed by atoms with Gasteiger partial charge >= 0.3 is 6.03 Å². The number of carbonyl (C=O) groups is 2. The highest BCUT2D eigenvalue weighted by atomic mass is 16.5. The highest BCUT2D eigenvalue weighted by molar-refractivity contribution is 5.92. The lowest BCUT2D eigenvalue weighted by Crippen LogP contribution is -2.48. The summed E-state index contributed by atoms with van der Waals surface area (Å²) in [5.74, 6) is 1.81. The third-order valence-corrected chi connectivity index (χ3v) is 6.11. The molecule has 1 atom stereocenters. The van der Waals surface area contributed by atoms with Crippen LogP contribution in [0.15, 0.2) is 71.3 Å². The topological polar surface area (TPSA) is 84.2 Å². The number of anilines is 1. The molecule has 1 aromatic heterocycles. The second-order valence-electron chi connectivity index (χ2n) is 8.52. The SMILES string of the molecule is CCC(C)N(CC(=O)N(CCc1ccc(OC)c(OC)c1)Cc1ccco1)C(=O)Nc1ccccc1. The number of nitrogens with one attached hydrogen (secondary N) is 1. The van der Waals surface area contributed by atoms with Crippen LogP contribution in [0.3, 0.4) is 0 Å². The summed E-state index contributed by atoms with van der Waals surface area (Å²) in [7, 11) is 3.19. The van der Waals surface area contributed by atoms with E-state index < -0.39 is 0 Å². The number of ether oxygens (including phenoxy) is 2. The summed E-state index contributed by atoms with van der Waals surface area (Å²) in [6.45, 7) is 4.66. The van der Waals surface area contributed by atoms with Gasteiger partial charge in [0.1, 0.15) is 12.3 Å². The zero-order chi connectivity index (χ0) is 25.9. The summed E-state index contributed by atoms with van der Waals surface area (Å²) in [6.07, 6.45) is 2.91. The minimum absolute atomic E-state index is 0.0414. The Morgan fingerprint density at radius 3 is 2.39 bits per heavy atom. The Bertz CT molecular complexity index is 1100. The Kier molecular flexibility index (Phi) is 9.80. The predicted molar refractivity (Wildman–Crippen MR) is 139 cm³/mol. The van der Waals surface area contributed by atoms with Crippen LogP contribution >= 0.6 is 0 Å². The lowest BCUT2D eigenvalue weighted by Gasteiger charge is -2.31. The van der Waals surface area contributed by atoms with Gasteiger partial charge in [-0.2, -0.15) is 0 Å². The molecule has 0 aliphatic carbocycles. The number of furan rings is 1. The first-order chi connectivity index (χ1) is 17.4. The highest BCUT2D eigenvalue weighted by Crippen LogP contribution is 2.28. The molecule has 1 N–H and O–H groups in total. The second kappa shape index (κ2) is 13.2. The fraction of sp³-hybridized carbons (Fsp3) is 0.357. The Balaban J connectivity index is 1.75. The zero-order valence-corrected chi connectivity index (χ0v) is 21.4. The standard InChI is InChI=1S/C28H35N3O5/c1-5-21(2)31(28(33)29-23-10-7-6-8-11-23)20-27(32)30(19-24-12-9-17-36-24)16-15-22-13-14-25(34-3)26(18-22)35-4/h6-14,17-18,21H,5,15-16,19-20H2,1-4H3,(H,29,33). The van der Waals surface area contributed by atoms with Gasteiger partial charge in [-0.3, -0.25) is 4.79 Å². The van der Waals surface area contributed by atoms with E-state index in [2.05, 4.69) is 5.32 Å². The van der Waals surface area contributed by atoms with Gasteiger partial charge in [0.2, 0.25) is 5.91 Å². The molecular formula is C28H35N3O5. The van der Waals surface area contributed by atoms with Gasteiger partial charge in [-0.25, -0.2) is 4.79 Å². The average Bonchev–Trinajstić information content (AvgIpc) is 3.42. The van der Waals surface area contributed by atoms with E-state index in [-0.39, 0.29) is 24.5 Å². The van der Waals surface area contributed by atoms with Gasteiger partial charge in [-0.05, 0) is 61.7 Å². The number of benzene rings is 2. The Labute approximate surface area is 212 Å². The fourth-order valence-corrected chi connectivity index (χ4v) is 3.79. The molecule has 1 unspecified atom stereocenters. The van der Waals surface area contributed by atoms with E-state index in [9.17, 15) is 9.59 Å². The van der Waals surface area contributed by atoms with Gasteiger partial charge in [0, 0.05) is 18.3 Å².